The second-order valence-electron chi connectivity index (χ2n) is 6.37. The fourth-order valence-electron chi connectivity index (χ4n) is 2.05. The van der Waals surface area contributed by atoms with E-state index in [0.29, 0.717) is 5.82 Å². The minimum absolute atomic E-state index is 0.202. The van der Waals surface area contributed by atoms with Gasteiger partial charge in [-0.15, -0.1) is 0 Å². The van der Waals surface area contributed by atoms with Crippen molar-refractivity contribution in [3.05, 3.63) is 53.6 Å². The lowest BCUT2D eigenvalue weighted by atomic mass is 10.1. The number of aromatic nitrogens is 2. The first-order valence-electron chi connectivity index (χ1n) is 7.53. The van der Waals surface area contributed by atoms with Crippen molar-refractivity contribution in [2.45, 2.75) is 39.5 Å². The van der Waals surface area contributed by atoms with Crippen LogP contribution >= 0.6 is 0 Å². The third-order valence-corrected chi connectivity index (χ3v) is 3.12. The molecule has 7 nitrogen and oxygen atoms in total. The number of aromatic amines is 1. The highest BCUT2D eigenvalue weighted by molar-refractivity contribution is 5.87. The zero-order valence-corrected chi connectivity index (χ0v) is 13.9. The molecule has 0 aliphatic carbocycles. The maximum atomic E-state index is 12.4. The van der Waals surface area contributed by atoms with Crippen LogP contribution in [-0.2, 0) is 17.8 Å². The fourth-order valence-corrected chi connectivity index (χ4v) is 2.05. The standard InChI is InChI=1S/C17H21N3O4/c1-17(2,3)24-16(23)20(11-14-18-8-9-19-14)10-12-4-6-13(7-5-12)15(21)22/h4-9H,10-11H2,1-3H3,(H,18,19)(H,21,22). The van der Waals surface area contributed by atoms with Crippen LogP contribution in [0, 0.1) is 0 Å². The molecule has 1 heterocycles. The van der Waals surface area contributed by atoms with E-state index < -0.39 is 17.7 Å². The van der Waals surface area contributed by atoms with Crippen molar-refractivity contribution in [1.29, 1.82) is 0 Å². The number of rotatable bonds is 5. The number of benzene rings is 1. The van der Waals surface area contributed by atoms with Gasteiger partial charge in [-0.3, -0.25) is 4.90 Å². The Kier molecular flexibility index (Phi) is 5.23. The monoisotopic (exact) mass is 331 g/mol. The molecule has 0 spiro atoms. The third-order valence-electron chi connectivity index (χ3n) is 3.12. The summed E-state index contributed by atoms with van der Waals surface area (Å²) in [4.78, 5) is 31.9. The molecule has 1 aromatic carbocycles. The second kappa shape index (κ2) is 7.16. The van der Waals surface area contributed by atoms with Gasteiger partial charge in [0.05, 0.1) is 12.1 Å². The average Bonchev–Trinajstić information content (AvgIpc) is 2.98. The van der Waals surface area contributed by atoms with Gasteiger partial charge in [0.25, 0.3) is 0 Å². The average molecular weight is 331 g/mol. The van der Waals surface area contributed by atoms with Gasteiger partial charge < -0.3 is 14.8 Å². The van der Waals surface area contributed by atoms with E-state index in [2.05, 4.69) is 9.97 Å². The molecule has 0 bridgehead atoms. The molecule has 2 aromatic rings. The first-order chi connectivity index (χ1) is 11.2. The van der Waals surface area contributed by atoms with Gasteiger partial charge in [0.2, 0.25) is 0 Å². The Hall–Kier alpha value is -2.83. The molecule has 0 atom stereocenters. The van der Waals surface area contributed by atoms with Gasteiger partial charge >= 0.3 is 12.1 Å². The number of carboxylic acids is 1. The van der Waals surface area contributed by atoms with Gasteiger partial charge in [-0.05, 0) is 38.5 Å². The van der Waals surface area contributed by atoms with Crippen LogP contribution in [0.5, 0.6) is 0 Å². The van der Waals surface area contributed by atoms with Gasteiger partial charge in [0, 0.05) is 18.9 Å². The lowest BCUT2D eigenvalue weighted by molar-refractivity contribution is 0.0211. The zero-order valence-electron chi connectivity index (χ0n) is 13.9. The molecule has 128 valence electrons. The number of imidazole rings is 1. The van der Waals surface area contributed by atoms with Crippen molar-refractivity contribution in [3.8, 4) is 0 Å². The van der Waals surface area contributed by atoms with Gasteiger partial charge in [-0.1, -0.05) is 12.1 Å². The first-order valence-corrected chi connectivity index (χ1v) is 7.53. The van der Waals surface area contributed by atoms with Gasteiger partial charge in [0.15, 0.2) is 0 Å². The number of hydrogen-bond donors (Lipinski definition) is 2. The summed E-state index contributed by atoms with van der Waals surface area (Å²) in [5.41, 5.74) is 0.400. The molecule has 0 aliphatic rings. The van der Waals surface area contributed by atoms with E-state index >= 15 is 0 Å². The number of nitrogens with zero attached hydrogens (tertiary/aromatic N) is 2. The number of ether oxygens (including phenoxy) is 1. The smallest absolute Gasteiger partial charge is 0.410 e. The second-order valence-corrected chi connectivity index (χ2v) is 6.37. The molecule has 0 unspecified atom stereocenters. The van der Waals surface area contributed by atoms with Gasteiger partial charge in [-0.25, -0.2) is 14.6 Å². The highest BCUT2D eigenvalue weighted by Gasteiger charge is 2.23. The molecular formula is C17H21N3O4. The molecule has 1 aromatic heterocycles. The number of nitrogens with one attached hydrogen (secondary N) is 1. The van der Waals surface area contributed by atoms with Crippen molar-refractivity contribution in [2.24, 2.45) is 0 Å². The summed E-state index contributed by atoms with van der Waals surface area (Å²) in [5.74, 6) is -0.343. The Labute approximate surface area is 140 Å². The summed E-state index contributed by atoms with van der Waals surface area (Å²) < 4.78 is 5.43. The number of amides is 1. The number of aromatic carboxylic acids is 1. The molecule has 0 saturated carbocycles. The number of carbonyl (C=O) groups is 2. The largest absolute Gasteiger partial charge is 0.478 e. The van der Waals surface area contributed by atoms with E-state index in [-0.39, 0.29) is 18.7 Å². The molecule has 0 saturated heterocycles. The number of carbonyl (C=O) groups excluding carboxylic acids is 1. The van der Waals surface area contributed by atoms with E-state index in [1.165, 1.54) is 17.0 Å². The normalized spacial score (nSPS) is 11.1. The summed E-state index contributed by atoms with van der Waals surface area (Å²) in [6.45, 7) is 5.96. The summed E-state index contributed by atoms with van der Waals surface area (Å²) in [5, 5.41) is 8.95. The molecular weight excluding hydrogens is 310 g/mol. The van der Waals surface area contributed by atoms with Crippen LogP contribution in [0.25, 0.3) is 0 Å². The van der Waals surface area contributed by atoms with Crippen LogP contribution in [0.4, 0.5) is 4.79 Å². The molecule has 7 heteroatoms. The molecule has 0 radical (unpaired) electrons. The lowest BCUT2D eigenvalue weighted by Gasteiger charge is -2.27. The fraction of sp³-hybridized carbons (Fsp3) is 0.353. The van der Waals surface area contributed by atoms with Crippen LogP contribution in [0.3, 0.4) is 0 Å². The zero-order chi connectivity index (χ0) is 17.7. The van der Waals surface area contributed by atoms with E-state index in [1.807, 2.05) is 0 Å². The molecule has 2 rings (SSSR count). The predicted octanol–water partition coefficient (Wildman–Crippen LogP) is 3.05. The number of carboxylic acid groups (broad SMARTS) is 1. The number of hydrogen-bond acceptors (Lipinski definition) is 4. The van der Waals surface area contributed by atoms with E-state index in [4.69, 9.17) is 9.84 Å². The molecule has 0 aliphatic heterocycles. The molecule has 24 heavy (non-hydrogen) atoms. The Bertz CT molecular complexity index is 688. The predicted molar refractivity (Wildman–Crippen MR) is 87.5 cm³/mol. The highest BCUT2D eigenvalue weighted by atomic mass is 16.6. The number of H-pyrrole nitrogens is 1. The minimum atomic E-state index is -0.985. The summed E-state index contributed by atoms with van der Waals surface area (Å²) in [7, 11) is 0. The maximum absolute atomic E-state index is 12.4. The topological polar surface area (TPSA) is 95.5 Å². The van der Waals surface area contributed by atoms with E-state index in [9.17, 15) is 9.59 Å². The van der Waals surface area contributed by atoms with Crippen LogP contribution in [0.1, 0.15) is 42.5 Å². The van der Waals surface area contributed by atoms with Crippen molar-refractivity contribution >= 4 is 12.1 Å². The van der Waals surface area contributed by atoms with Crippen LogP contribution in [-0.4, -0.2) is 37.6 Å². The van der Waals surface area contributed by atoms with Crippen molar-refractivity contribution < 1.29 is 19.4 Å². The van der Waals surface area contributed by atoms with E-state index in [0.717, 1.165) is 5.56 Å². The molecule has 2 N–H and O–H groups in total. The third kappa shape index (κ3) is 5.12. The summed E-state index contributed by atoms with van der Waals surface area (Å²) >= 11 is 0. The van der Waals surface area contributed by atoms with Gasteiger partial charge in [-0.2, -0.15) is 0 Å². The Morgan fingerprint density at radius 2 is 1.88 bits per heavy atom. The summed E-state index contributed by atoms with van der Waals surface area (Å²) in [6, 6.07) is 6.39. The SMILES string of the molecule is CC(C)(C)OC(=O)N(Cc1ccc(C(=O)O)cc1)Cc1ncc[nH]1. The highest BCUT2D eigenvalue weighted by Crippen LogP contribution is 2.15. The van der Waals surface area contributed by atoms with Crippen molar-refractivity contribution in [1.82, 2.24) is 14.9 Å². The van der Waals surface area contributed by atoms with Gasteiger partial charge in [0.1, 0.15) is 11.4 Å². The molecule has 0 fully saturated rings. The maximum Gasteiger partial charge on any atom is 0.410 e. The Balaban J connectivity index is 2.15. The van der Waals surface area contributed by atoms with Crippen LogP contribution < -0.4 is 0 Å². The Morgan fingerprint density at radius 3 is 2.38 bits per heavy atom. The lowest BCUT2D eigenvalue weighted by Crippen LogP contribution is -2.36. The van der Waals surface area contributed by atoms with Crippen molar-refractivity contribution in [2.75, 3.05) is 0 Å². The van der Waals surface area contributed by atoms with Crippen molar-refractivity contribution in [3.63, 3.8) is 0 Å². The minimum Gasteiger partial charge on any atom is -0.478 e. The van der Waals surface area contributed by atoms with E-state index in [1.54, 1.807) is 45.3 Å². The van der Waals surface area contributed by atoms with Crippen LogP contribution in [0.15, 0.2) is 36.7 Å². The molecule has 1 amide bonds. The summed E-state index contributed by atoms with van der Waals surface area (Å²) in [6.07, 6.45) is 2.84. The Morgan fingerprint density at radius 1 is 1.21 bits per heavy atom. The first kappa shape index (κ1) is 17.5. The van der Waals surface area contributed by atoms with Crippen LogP contribution in [0.2, 0.25) is 0 Å². The quantitative estimate of drug-likeness (QED) is 0.878.